The summed E-state index contributed by atoms with van der Waals surface area (Å²) in [5.41, 5.74) is -1.19. The van der Waals surface area contributed by atoms with E-state index in [9.17, 15) is 26.4 Å². The highest BCUT2D eigenvalue weighted by molar-refractivity contribution is 7.89. The number of carboxylic acids is 1. The molecule has 0 saturated carbocycles. The first-order valence-corrected chi connectivity index (χ1v) is 7.91. The average molecular weight is 355 g/mol. The van der Waals surface area contributed by atoms with Crippen LogP contribution >= 0.6 is 0 Å². The number of carbonyl (C=O) groups is 1. The van der Waals surface area contributed by atoms with E-state index in [0.29, 0.717) is 6.07 Å². The second kappa shape index (κ2) is 7.18. The maximum absolute atomic E-state index is 13.3. The number of aliphatic carboxylic acids is 1. The summed E-state index contributed by atoms with van der Waals surface area (Å²) in [5, 5.41) is 8.64. The minimum Gasteiger partial charge on any atom is -0.481 e. The van der Waals surface area contributed by atoms with Gasteiger partial charge in [0.15, 0.2) is 0 Å². The number of ether oxygens (including phenoxy) is 1. The van der Waals surface area contributed by atoms with Gasteiger partial charge < -0.3 is 9.84 Å². The highest BCUT2D eigenvalue weighted by atomic mass is 32.2. The number of alkyl halides is 2. The number of benzene rings is 1. The minimum atomic E-state index is -4.41. The van der Waals surface area contributed by atoms with Gasteiger partial charge >= 0.3 is 12.6 Å². The molecular weight excluding hydrogens is 339 g/mol. The molecule has 1 rings (SSSR count). The number of hydrogen-bond acceptors (Lipinski definition) is 4. The zero-order chi connectivity index (χ0) is 17.8. The van der Waals surface area contributed by atoms with Crippen LogP contribution in [-0.4, -0.2) is 31.6 Å². The van der Waals surface area contributed by atoms with Crippen molar-refractivity contribution >= 4 is 16.0 Å². The Morgan fingerprint density at radius 3 is 2.52 bits per heavy atom. The van der Waals surface area contributed by atoms with Crippen LogP contribution in [0.4, 0.5) is 13.2 Å². The molecule has 130 valence electrons. The molecule has 0 aliphatic heterocycles. The third-order valence-corrected chi connectivity index (χ3v) is 4.51. The van der Waals surface area contributed by atoms with E-state index in [2.05, 4.69) is 9.46 Å². The van der Waals surface area contributed by atoms with Gasteiger partial charge in [0.1, 0.15) is 16.5 Å². The lowest BCUT2D eigenvalue weighted by Gasteiger charge is -2.25. The molecule has 0 aliphatic rings. The third-order valence-electron chi connectivity index (χ3n) is 2.79. The molecule has 23 heavy (non-hydrogen) atoms. The molecule has 0 saturated heterocycles. The van der Waals surface area contributed by atoms with E-state index in [4.69, 9.17) is 5.11 Å². The first kappa shape index (κ1) is 19.2. The predicted molar refractivity (Wildman–Crippen MR) is 74.3 cm³/mol. The summed E-state index contributed by atoms with van der Waals surface area (Å²) in [6.45, 7) is -0.449. The van der Waals surface area contributed by atoms with Crippen LogP contribution < -0.4 is 9.46 Å². The van der Waals surface area contributed by atoms with Crippen molar-refractivity contribution in [3.63, 3.8) is 0 Å². The number of rotatable bonds is 8. The Hall–Kier alpha value is -1.81. The van der Waals surface area contributed by atoms with Gasteiger partial charge in [-0.3, -0.25) is 4.79 Å². The lowest BCUT2D eigenvalue weighted by molar-refractivity contribution is -0.137. The summed E-state index contributed by atoms with van der Waals surface area (Å²) in [5.74, 6) is -2.77. The summed E-state index contributed by atoms with van der Waals surface area (Å²) < 4.78 is 68.8. The Balaban J connectivity index is 3.12. The third kappa shape index (κ3) is 6.06. The maximum Gasteiger partial charge on any atom is 0.387 e. The zero-order valence-electron chi connectivity index (χ0n) is 12.3. The fourth-order valence-electron chi connectivity index (χ4n) is 1.77. The minimum absolute atomic E-state index is 0.0537. The number of sulfonamides is 1. The van der Waals surface area contributed by atoms with E-state index in [1.54, 1.807) is 0 Å². The fraction of sp³-hybridized carbons (Fsp3) is 0.462. The molecule has 0 unspecified atom stereocenters. The predicted octanol–water partition coefficient (Wildman–Crippen LogP) is 2.35. The Morgan fingerprint density at radius 1 is 1.39 bits per heavy atom. The molecule has 0 spiro atoms. The van der Waals surface area contributed by atoms with Gasteiger partial charge in [0.05, 0.1) is 0 Å². The highest BCUT2D eigenvalue weighted by Crippen LogP contribution is 2.28. The summed E-state index contributed by atoms with van der Waals surface area (Å²) in [7, 11) is -4.41. The van der Waals surface area contributed by atoms with Crippen LogP contribution in [0.3, 0.4) is 0 Å². The molecule has 1 aromatic carbocycles. The van der Waals surface area contributed by atoms with Gasteiger partial charge in [0, 0.05) is 12.0 Å². The molecule has 0 fully saturated rings. The van der Waals surface area contributed by atoms with Crippen LogP contribution in [0.5, 0.6) is 5.75 Å². The van der Waals surface area contributed by atoms with E-state index in [0.717, 1.165) is 12.1 Å². The van der Waals surface area contributed by atoms with Crippen LogP contribution in [0.25, 0.3) is 0 Å². The molecule has 10 heteroatoms. The molecule has 0 aromatic heterocycles. The molecule has 0 bridgehead atoms. The normalized spacial score (nSPS) is 12.4. The SMILES string of the molecule is CC(C)(CCC(=O)O)NS(=O)(=O)c1cc(F)ccc1OC(F)F. The molecule has 0 radical (unpaired) electrons. The number of hydrogen-bond donors (Lipinski definition) is 2. The van der Waals surface area contributed by atoms with Crippen LogP contribution in [0.15, 0.2) is 23.1 Å². The molecule has 0 amide bonds. The fourth-order valence-corrected chi connectivity index (χ4v) is 3.36. The Kier molecular flexibility index (Phi) is 6.00. The van der Waals surface area contributed by atoms with E-state index in [-0.39, 0.29) is 12.8 Å². The highest BCUT2D eigenvalue weighted by Gasteiger charge is 2.30. The Morgan fingerprint density at radius 2 is 2.00 bits per heavy atom. The van der Waals surface area contributed by atoms with Crippen molar-refractivity contribution < 1.29 is 36.2 Å². The van der Waals surface area contributed by atoms with Crippen molar-refractivity contribution in [3.05, 3.63) is 24.0 Å². The number of halogens is 3. The lowest BCUT2D eigenvalue weighted by atomic mass is 10.0. The van der Waals surface area contributed by atoms with Gasteiger partial charge in [-0.25, -0.2) is 17.5 Å². The van der Waals surface area contributed by atoms with Crippen LogP contribution in [0.2, 0.25) is 0 Å². The van der Waals surface area contributed by atoms with Gasteiger partial charge in [-0.05, 0) is 38.5 Å². The van der Waals surface area contributed by atoms with Crippen molar-refractivity contribution in [2.24, 2.45) is 0 Å². The quantitative estimate of drug-likeness (QED) is 0.747. The van der Waals surface area contributed by atoms with E-state index >= 15 is 0 Å². The molecular formula is C13H16F3NO5S. The number of carboxylic acid groups (broad SMARTS) is 1. The first-order valence-electron chi connectivity index (χ1n) is 6.43. The zero-order valence-corrected chi connectivity index (χ0v) is 13.2. The molecule has 2 N–H and O–H groups in total. The monoisotopic (exact) mass is 355 g/mol. The van der Waals surface area contributed by atoms with Crippen molar-refractivity contribution in [1.29, 1.82) is 0 Å². The largest absolute Gasteiger partial charge is 0.481 e. The summed E-state index contributed by atoms with van der Waals surface area (Å²) in [6.07, 6.45) is -0.360. The summed E-state index contributed by atoms with van der Waals surface area (Å²) >= 11 is 0. The van der Waals surface area contributed by atoms with Crippen LogP contribution in [0, 0.1) is 5.82 Å². The van der Waals surface area contributed by atoms with Crippen molar-refractivity contribution in [2.45, 2.75) is 43.7 Å². The molecule has 0 aliphatic carbocycles. The summed E-state index contributed by atoms with van der Waals surface area (Å²) in [6, 6.07) is 2.11. The van der Waals surface area contributed by atoms with Crippen molar-refractivity contribution in [1.82, 2.24) is 4.72 Å². The van der Waals surface area contributed by atoms with Crippen LogP contribution in [0.1, 0.15) is 26.7 Å². The van der Waals surface area contributed by atoms with Gasteiger partial charge in [-0.2, -0.15) is 8.78 Å². The standard InChI is InChI=1S/C13H16F3NO5S/c1-13(2,6-5-11(18)19)17-23(20,21)10-7-8(14)3-4-9(10)22-12(15)16/h3-4,7,12,17H,5-6H2,1-2H3,(H,18,19). The van der Waals surface area contributed by atoms with Crippen LogP contribution in [-0.2, 0) is 14.8 Å². The van der Waals surface area contributed by atoms with E-state index in [1.165, 1.54) is 13.8 Å². The lowest BCUT2D eigenvalue weighted by Crippen LogP contribution is -2.43. The topological polar surface area (TPSA) is 92.7 Å². The first-order chi connectivity index (χ1) is 10.4. The second-order valence-corrected chi connectivity index (χ2v) is 7.00. The van der Waals surface area contributed by atoms with Gasteiger partial charge in [-0.15, -0.1) is 0 Å². The van der Waals surface area contributed by atoms with Gasteiger partial charge in [0.25, 0.3) is 0 Å². The van der Waals surface area contributed by atoms with Gasteiger partial charge in [-0.1, -0.05) is 0 Å². The van der Waals surface area contributed by atoms with Gasteiger partial charge in [0.2, 0.25) is 10.0 Å². The molecule has 0 heterocycles. The maximum atomic E-state index is 13.3. The molecule has 0 atom stereocenters. The molecule has 6 nitrogen and oxygen atoms in total. The van der Waals surface area contributed by atoms with Crippen molar-refractivity contribution in [3.8, 4) is 5.75 Å². The second-order valence-electron chi connectivity index (χ2n) is 5.35. The summed E-state index contributed by atoms with van der Waals surface area (Å²) in [4.78, 5) is 9.78. The van der Waals surface area contributed by atoms with E-state index < -0.39 is 44.6 Å². The average Bonchev–Trinajstić information content (AvgIpc) is 2.37. The van der Waals surface area contributed by atoms with Crippen molar-refractivity contribution in [2.75, 3.05) is 0 Å². The van der Waals surface area contributed by atoms with E-state index in [1.807, 2.05) is 0 Å². The Bertz CT molecular complexity index is 676. The Labute approximate surface area is 131 Å². The number of nitrogens with one attached hydrogen (secondary N) is 1. The smallest absolute Gasteiger partial charge is 0.387 e. The molecule has 1 aromatic rings.